The standard InChI is InChI=1S/C16H20N4O/c1-11-10-14(15(16(17)18)12(2)20-11)21-9-3-4-13-5-7-19-8-6-13/h5-8,10H,3-4,9H2,1-2H3,(H3,17,18). The van der Waals surface area contributed by atoms with Crippen molar-refractivity contribution in [1.29, 1.82) is 5.41 Å². The fourth-order valence-corrected chi connectivity index (χ4v) is 2.24. The van der Waals surface area contributed by atoms with Gasteiger partial charge in [-0.3, -0.25) is 15.4 Å². The Bertz CT molecular complexity index is 626. The largest absolute Gasteiger partial charge is 0.493 e. The lowest BCUT2D eigenvalue weighted by Crippen LogP contribution is -2.16. The first-order chi connectivity index (χ1) is 10.1. The molecule has 0 spiro atoms. The van der Waals surface area contributed by atoms with Gasteiger partial charge in [0.15, 0.2) is 0 Å². The van der Waals surface area contributed by atoms with Crippen LogP contribution in [0.3, 0.4) is 0 Å². The minimum atomic E-state index is -0.0101. The second kappa shape index (κ2) is 6.83. The van der Waals surface area contributed by atoms with Gasteiger partial charge < -0.3 is 10.5 Å². The van der Waals surface area contributed by atoms with E-state index in [1.165, 1.54) is 5.56 Å². The first-order valence-electron chi connectivity index (χ1n) is 6.92. The summed E-state index contributed by atoms with van der Waals surface area (Å²) in [5.74, 6) is 0.631. The lowest BCUT2D eigenvalue weighted by Gasteiger charge is -2.13. The highest BCUT2D eigenvalue weighted by Gasteiger charge is 2.12. The van der Waals surface area contributed by atoms with E-state index in [0.29, 0.717) is 17.9 Å². The van der Waals surface area contributed by atoms with E-state index in [4.69, 9.17) is 15.9 Å². The summed E-state index contributed by atoms with van der Waals surface area (Å²) in [6, 6.07) is 5.83. The third-order valence-electron chi connectivity index (χ3n) is 3.18. The molecule has 0 saturated heterocycles. The average Bonchev–Trinajstić information content (AvgIpc) is 2.43. The molecular weight excluding hydrogens is 264 g/mol. The van der Waals surface area contributed by atoms with Gasteiger partial charge in [-0.25, -0.2) is 0 Å². The van der Waals surface area contributed by atoms with Crippen molar-refractivity contribution in [3.05, 3.63) is 53.1 Å². The average molecular weight is 284 g/mol. The minimum absolute atomic E-state index is 0.0101. The summed E-state index contributed by atoms with van der Waals surface area (Å²) >= 11 is 0. The van der Waals surface area contributed by atoms with Crippen LogP contribution in [0.15, 0.2) is 30.6 Å². The molecule has 0 amide bonds. The topological polar surface area (TPSA) is 84.9 Å². The van der Waals surface area contributed by atoms with Crippen LogP contribution in [0.5, 0.6) is 5.75 Å². The maximum atomic E-state index is 7.65. The summed E-state index contributed by atoms with van der Waals surface area (Å²) in [4.78, 5) is 8.32. The van der Waals surface area contributed by atoms with Gasteiger partial charge in [0.25, 0.3) is 0 Å². The zero-order chi connectivity index (χ0) is 15.2. The Morgan fingerprint density at radius 1 is 1.29 bits per heavy atom. The van der Waals surface area contributed by atoms with Gasteiger partial charge in [0.2, 0.25) is 0 Å². The minimum Gasteiger partial charge on any atom is -0.493 e. The number of nitrogens with two attached hydrogens (primary N) is 1. The summed E-state index contributed by atoms with van der Waals surface area (Å²) in [5, 5.41) is 7.65. The predicted octanol–water partition coefficient (Wildman–Crippen LogP) is 2.39. The van der Waals surface area contributed by atoms with Gasteiger partial charge in [0, 0.05) is 24.2 Å². The molecular formula is C16H20N4O. The van der Waals surface area contributed by atoms with Crippen LogP contribution in [0.1, 0.15) is 28.9 Å². The molecule has 0 aliphatic carbocycles. The van der Waals surface area contributed by atoms with Crippen molar-refractivity contribution < 1.29 is 4.74 Å². The Morgan fingerprint density at radius 2 is 2.00 bits per heavy atom. The van der Waals surface area contributed by atoms with Crippen LogP contribution in [0, 0.1) is 19.3 Å². The third-order valence-corrected chi connectivity index (χ3v) is 3.18. The SMILES string of the molecule is Cc1cc(OCCCc2ccncc2)c(C(=N)N)c(C)n1. The van der Waals surface area contributed by atoms with Crippen LogP contribution in [0.4, 0.5) is 0 Å². The number of hydrogen-bond acceptors (Lipinski definition) is 4. The molecule has 0 aliphatic rings. The van der Waals surface area contributed by atoms with Crippen LogP contribution in [-0.4, -0.2) is 22.4 Å². The quantitative estimate of drug-likeness (QED) is 0.484. The predicted molar refractivity (Wildman–Crippen MR) is 82.8 cm³/mol. The monoisotopic (exact) mass is 284 g/mol. The summed E-state index contributed by atoms with van der Waals surface area (Å²) in [7, 11) is 0. The number of amidine groups is 1. The molecule has 5 nitrogen and oxygen atoms in total. The van der Waals surface area contributed by atoms with Crippen LogP contribution in [0.25, 0.3) is 0 Å². The maximum Gasteiger partial charge on any atom is 0.133 e. The van der Waals surface area contributed by atoms with Gasteiger partial charge in [-0.2, -0.15) is 0 Å². The van der Waals surface area contributed by atoms with E-state index in [2.05, 4.69) is 9.97 Å². The Hall–Kier alpha value is -2.43. The van der Waals surface area contributed by atoms with Gasteiger partial charge in [-0.1, -0.05) is 0 Å². The molecule has 0 aliphatic heterocycles. The smallest absolute Gasteiger partial charge is 0.133 e. The molecule has 2 aromatic heterocycles. The Kier molecular flexibility index (Phi) is 4.87. The van der Waals surface area contributed by atoms with E-state index < -0.39 is 0 Å². The summed E-state index contributed by atoms with van der Waals surface area (Å²) in [5.41, 5.74) is 9.03. The van der Waals surface area contributed by atoms with E-state index in [1.807, 2.05) is 32.0 Å². The normalized spacial score (nSPS) is 10.4. The molecule has 0 aromatic carbocycles. The van der Waals surface area contributed by atoms with Crippen molar-refractivity contribution in [1.82, 2.24) is 9.97 Å². The molecule has 0 fully saturated rings. The van der Waals surface area contributed by atoms with Gasteiger partial charge in [0.1, 0.15) is 11.6 Å². The number of nitrogens with zero attached hydrogens (tertiary/aromatic N) is 2. The molecule has 2 aromatic rings. The van der Waals surface area contributed by atoms with E-state index in [0.717, 1.165) is 24.2 Å². The fourth-order valence-electron chi connectivity index (χ4n) is 2.24. The van der Waals surface area contributed by atoms with E-state index >= 15 is 0 Å². The molecule has 0 bridgehead atoms. The summed E-state index contributed by atoms with van der Waals surface area (Å²) in [6.07, 6.45) is 5.40. The van der Waals surface area contributed by atoms with Crippen LogP contribution < -0.4 is 10.5 Å². The molecule has 0 atom stereocenters. The number of pyridine rings is 2. The van der Waals surface area contributed by atoms with Crippen molar-refractivity contribution in [3.8, 4) is 5.75 Å². The van der Waals surface area contributed by atoms with Crippen molar-refractivity contribution in [2.24, 2.45) is 5.73 Å². The van der Waals surface area contributed by atoms with Crippen LogP contribution in [0.2, 0.25) is 0 Å². The first-order valence-corrected chi connectivity index (χ1v) is 6.92. The molecule has 110 valence electrons. The number of nitrogens with one attached hydrogen (secondary N) is 1. The summed E-state index contributed by atoms with van der Waals surface area (Å²) < 4.78 is 5.81. The second-order valence-electron chi connectivity index (χ2n) is 4.94. The molecule has 2 heterocycles. The number of aryl methyl sites for hydroxylation is 3. The zero-order valence-corrected chi connectivity index (χ0v) is 12.4. The molecule has 2 rings (SSSR count). The molecule has 0 unspecified atom stereocenters. The Balaban J connectivity index is 1.98. The van der Waals surface area contributed by atoms with Crippen molar-refractivity contribution in [3.63, 3.8) is 0 Å². The molecule has 0 saturated carbocycles. The number of hydrogen-bond donors (Lipinski definition) is 2. The van der Waals surface area contributed by atoms with Crippen molar-refractivity contribution in [2.45, 2.75) is 26.7 Å². The highest BCUT2D eigenvalue weighted by molar-refractivity contribution is 5.98. The number of nitrogen functional groups attached to an aromatic ring is 1. The molecule has 21 heavy (non-hydrogen) atoms. The Labute approximate surface area is 124 Å². The highest BCUT2D eigenvalue weighted by atomic mass is 16.5. The van der Waals surface area contributed by atoms with E-state index in [9.17, 15) is 0 Å². The second-order valence-corrected chi connectivity index (χ2v) is 4.94. The van der Waals surface area contributed by atoms with Crippen LogP contribution >= 0.6 is 0 Å². The summed E-state index contributed by atoms with van der Waals surface area (Å²) in [6.45, 7) is 4.32. The lowest BCUT2D eigenvalue weighted by molar-refractivity contribution is 0.309. The van der Waals surface area contributed by atoms with Gasteiger partial charge in [-0.15, -0.1) is 0 Å². The highest BCUT2D eigenvalue weighted by Crippen LogP contribution is 2.22. The Morgan fingerprint density at radius 3 is 2.67 bits per heavy atom. The number of aromatic nitrogens is 2. The first kappa shape index (κ1) is 15.0. The van der Waals surface area contributed by atoms with E-state index in [-0.39, 0.29) is 5.84 Å². The number of rotatable bonds is 6. The maximum absolute atomic E-state index is 7.65. The molecule has 5 heteroatoms. The molecule has 3 N–H and O–H groups in total. The van der Waals surface area contributed by atoms with Gasteiger partial charge >= 0.3 is 0 Å². The van der Waals surface area contributed by atoms with Crippen LogP contribution in [-0.2, 0) is 6.42 Å². The fraction of sp³-hybridized carbons (Fsp3) is 0.312. The third kappa shape index (κ3) is 4.02. The number of ether oxygens (including phenoxy) is 1. The van der Waals surface area contributed by atoms with Gasteiger partial charge in [0.05, 0.1) is 17.9 Å². The zero-order valence-electron chi connectivity index (χ0n) is 12.4. The lowest BCUT2D eigenvalue weighted by atomic mass is 10.1. The van der Waals surface area contributed by atoms with Crippen molar-refractivity contribution in [2.75, 3.05) is 6.61 Å². The van der Waals surface area contributed by atoms with Crippen molar-refractivity contribution >= 4 is 5.84 Å². The van der Waals surface area contributed by atoms with Gasteiger partial charge in [-0.05, 0) is 44.4 Å². The molecule has 0 radical (unpaired) electrons. The van der Waals surface area contributed by atoms with E-state index in [1.54, 1.807) is 12.4 Å².